The molecule has 6 heteroatoms. The van der Waals surface area contributed by atoms with Crippen LogP contribution in [0, 0.1) is 0 Å². The van der Waals surface area contributed by atoms with Crippen LogP contribution in [0.3, 0.4) is 0 Å². The molecule has 14 heavy (non-hydrogen) atoms. The summed E-state index contributed by atoms with van der Waals surface area (Å²) in [5, 5.41) is 8.23. The first-order valence-electron chi connectivity index (χ1n) is 3.87. The summed E-state index contributed by atoms with van der Waals surface area (Å²) in [7, 11) is 2.88. The Balaban J connectivity index is 0.000000461. The molecule has 0 aliphatic carbocycles. The number of aromatic nitrogens is 3. The van der Waals surface area contributed by atoms with E-state index in [1.54, 1.807) is 0 Å². The largest absolute Gasteiger partial charge is 0.400 e. The van der Waals surface area contributed by atoms with Crippen LogP contribution >= 0.6 is 11.6 Å². The summed E-state index contributed by atoms with van der Waals surface area (Å²) in [5.74, 6) is 0.203. The van der Waals surface area contributed by atoms with Crippen molar-refractivity contribution in [1.29, 1.82) is 0 Å². The second-order valence-corrected chi connectivity index (χ2v) is 2.89. The Morgan fingerprint density at radius 3 is 2.71 bits per heavy atom. The van der Waals surface area contributed by atoms with Gasteiger partial charge in [-0.3, -0.25) is 0 Å². The number of fused-ring (bicyclic) bond motifs is 1. The highest BCUT2D eigenvalue weighted by Gasteiger charge is 2.05. The zero-order valence-corrected chi connectivity index (χ0v) is 8.65. The number of nitrogens with zero attached hydrogens (tertiary/aromatic N) is 3. The van der Waals surface area contributed by atoms with Crippen molar-refractivity contribution in [3.8, 4) is 0 Å². The predicted octanol–water partition coefficient (Wildman–Crippen LogP) is 0.812. The van der Waals surface area contributed by atoms with Gasteiger partial charge < -0.3 is 15.4 Å². The SMILES string of the molecule is CO.Cn1ccc2c(Cl)nc(N)nc21. The molecular formula is C8H11ClN4O. The maximum absolute atomic E-state index is 7.00. The highest BCUT2D eigenvalue weighted by atomic mass is 35.5. The third-order valence-corrected chi connectivity index (χ3v) is 1.98. The summed E-state index contributed by atoms with van der Waals surface area (Å²) in [6.07, 6.45) is 1.87. The quantitative estimate of drug-likeness (QED) is 0.637. The first-order valence-corrected chi connectivity index (χ1v) is 4.25. The predicted molar refractivity (Wildman–Crippen MR) is 56.1 cm³/mol. The molecule has 0 saturated heterocycles. The molecule has 2 rings (SSSR count). The zero-order chi connectivity index (χ0) is 10.7. The van der Waals surface area contributed by atoms with Crippen molar-refractivity contribution < 1.29 is 5.11 Å². The number of aryl methyl sites for hydroxylation is 1. The maximum Gasteiger partial charge on any atom is 0.223 e. The number of aliphatic hydroxyl groups is 1. The highest BCUT2D eigenvalue weighted by molar-refractivity contribution is 6.34. The number of anilines is 1. The fourth-order valence-corrected chi connectivity index (χ4v) is 1.35. The van der Waals surface area contributed by atoms with Gasteiger partial charge in [-0.25, -0.2) is 4.98 Å². The smallest absolute Gasteiger partial charge is 0.223 e. The van der Waals surface area contributed by atoms with Gasteiger partial charge in [-0.1, -0.05) is 11.6 Å². The summed E-state index contributed by atoms with van der Waals surface area (Å²) in [6.45, 7) is 0. The molecule has 0 atom stereocenters. The second kappa shape index (κ2) is 4.26. The molecule has 0 saturated carbocycles. The minimum absolute atomic E-state index is 0.203. The van der Waals surface area contributed by atoms with Gasteiger partial charge in [0, 0.05) is 20.4 Å². The summed E-state index contributed by atoms with van der Waals surface area (Å²) >= 11 is 5.83. The van der Waals surface area contributed by atoms with Crippen LogP contribution in [0.25, 0.3) is 11.0 Å². The van der Waals surface area contributed by atoms with Gasteiger partial charge in [-0.15, -0.1) is 0 Å². The number of nitrogens with two attached hydrogens (primary N) is 1. The van der Waals surface area contributed by atoms with E-state index in [2.05, 4.69) is 9.97 Å². The molecule has 0 aromatic carbocycles. The van der Waals surface area contributed by atoms with Crippen LogP contribution < -0.4 is 5.73 Å². The maximum atomic E-state index is 7.00. The van der Waals surface area contributed by atoms with E-state index >= 15 is 0 Å². The Morgan fingerprint density at radius 1 is 1.43 bits per heavy atom. The number of hydrogen-bond donors (Lipinski definition) is 2. The van der Waals surface area contributed by atoms with Crippen molar-refractivity contribution in [3.05, 3.63) is 17.4 Å². The Labute approximate surface area is 86.1 Å². The van der Waals surface area contributed by atoms with E-state index in [0.717, 1.165) is 18.1 Å². The Hall–Kier alpha value is -1.33. The normalized spacial score (nSPS) is 9.71. The number of rotatable bonds is 0. The lowest BCUT2D eigenvalue weighted by Crippen LogP contribution is -1.97. The summed E-state index contributed by atoms with van der Waals surface area (Å²) in [6, 6.07) is 1.86. The van der Waals surface area contributed by atoms with Gasteiger partial charge >= 0.3 is 0 Å². The summed E-state index contributed by atoms with van der Waals surface area (Å²) in [4.78, 5) is 7.88. The molecule has 0 fully saturated rings. The van der Waals surface area contributed by atoms with Gasteiger partial charge in [0.1, 0.15) is 10.8 Å². The molecule has 0 aliphatic rings. The molecule has 5 nitrogen and oxygen atoms in total. The monoisotopic (exact) mass is 214 g/mol. The molecule has 0 bridgehead atoms. The van der Waals surface area contributed by atoms with Crippen molar-refractivity contribution in [1.82, 2.24) is 14.5 Å². The molecule has 3 N–H and O–H groups in total. The van der Waals surface area contributed by atoms with Crippen LogP contribution in [0.4, 0.5) is 5.95 Å². The van der Waals surface area contributed by atoms with Crippen molar-refractivity contribution >= 4 is 28.6 Å². The molecule has 0 amide bonds. The van der Waals surface area contributed by atoms with Crippen LogP contribution in [0.2, 0.25) is 5.15 Å². The first-order chi connectivity index (χ1) is 6.68. The molecular weight excluding hydrogens is 204 g/mol. The minimum Gasteiger partial charge on any atom is -0.400 e. The lowest BCUT2D eigenvalue weighted by atomic mass is 10.4. The third kappa shape index (κ3) is 1.78. The lowest BCUT2D eigenvalue weighted by Gasteiger charge is -1.97. The molecule has 0 spiro atoms. The van der Waals surface area contributed by atoms with Crippen LogP contribution in [0.5, 0.6) is 0 Å². The van der Waals surface area contributed by atoms with Crippen LogP contribution in [0.15, 0.2) is 12.3 Å². The van der Waals surface area contributed by atoms with E-state index < -0.39 is 0 Å². The number of hydrogen-bond acceptors (Lipinski definition) is 4. The summed E-state index contributed by atoms with van der Waals surface area (Å²) in [5.41, 5.74) is 6.19. The lowest BCUT2D eigenvalue weighted by molar-refractivity contribution is 0.399. The number of nitrogen functional groups attached to an aromatic ring is 1. The molecule has 76 valence electrons. The Morgan fingerprint density at radius 2 is 2.07 bits per heavy atom. The molecule has 2 aromatic heterocycles. The molecule has 2 heterocycles. The zero-order valence-electron chi connectivity index (χ0n) is 7.90. The van der Waals surface area contributed by atoms with E-state index in [1.165, 1.54) is 0 Å². The van der Waals surface area contributed by atoms with Gasteiger partial charge in [0.25, 0.3) is 0 Å². The van der Waals surface area contributed by atoms with Gasteiger partial charge in [0.15, 0.2) is 0 Å². The van der Waals surface area contributed by atoms with Crippen LogP contribution in [-0.4, -0.2) is 26.8 Å². The van der Waals surface area contributed by atoms with Gasteiger partial charge in [-0.2, -0.15) is 4.98 Å². The van der Waals surface area contributed by atoms with E-state index in [1.807, 2.05) is 23.9 Å². The Bertz CT molecular complexity index is 440. The number of halogens is 1. The van der Waals surface area contributed by atoms with Crippen molar-refractivity contribution in [3.63, 3.8) is 0 Å². The fourth-order valence-electron chi connectivity index (χ4n) is 1.12. The average Bonchev–Trinajstić information content (AvgIpc) is 2.52. The van der Waals surface area contributed by atoms with Crippen molar-refractivity contribution in [2.45, 2.75) is 0 Å². The van der Waals surface area contributed by atoms with Gasteiger partial charge in [0.2, 0.25) is 5.95 Å². The van der Waals surface area contributed by atoms with E-state index in [9.17, 15) is 0 Å². The van der Waals surface area contributed by atoms with E-state index in [0.29, 0.717) is 5.15 Å². The molecule has 0 unspecified atom stereocenters. The van der Waals surface area contributed by atoms with E-state index in [-0.39, 0.29) is 5.95 Å². The average molecular weight is 215 g/mol. The Kier molecular flexibility index (Phi) is 3.27. The first kappa shape index (κ1) is 10.7. The minimum atomic E-state index is 0.203. The molecule has 0 radical (unpaired) electrons. The van der Waals surface area contributed by atoms with Gasteiger partial charge in [-0.05, 0) is 6.07 Å². The highest BCUT2D eigenvalue weighted by Crippen LogP contribution is 2.20. The standard InChI is InChI=1S/C7H7ClN4.CH4O/c1-12-3-2-4-5(8)10-7(9)11-6(4)12;1-2/h2-3H,1H3,(H2,9,10,11);2H,1H3. The van der Waals surface area contributed by atoms with E-state index in [4.69, 9.17) is 22.4 Å². The van der Waals surface area contributed by atoms with Crippen molar-refractivity contribution in [2.24, 2.45) is 7.05 Å². The molecule has 0 aliphatic heterocycles. The number of aliphatic hydroxyl groups excluding tert-OH is 1. The van der Waals surface area contributed by atoms with Gasteiger partial charge in [0.05, 0.1) is 5.39 Å². The fraction of sp³-hybridized carbons (Fsp3) is 0.250. The van der Waals surface area contributed by atoms with Crippen molar-refractivity contribution in [2.75, 3.05) is 12.8 Å². The van der Waals surface area contributed by atoms with Crippen LogP contribution in [-0.2, 0) is 7.05 Å². The second-order valence-electron chi connectivity index (χ2n) is 2.54. The topological polar surface area (TPSA) is 77.0 Å². The summed E-state index contributed by atoms with van der Waals surface area (Å²) < 4.78 is 1.85. The molecule has 2 aromatic rings. The third-order valence-electron chi connectivity index (χ3n) is 1.70. The van der Waals surface area contributed by atoms with Crippen LogP contribution in [0.1, 0.15) is 0 Å².